The Hall–Kier alpha value is -2.61. The maximum atomic E-state index is 12.7. The lowest BCUT2D eigenvalue weighted by Crippen LogP contribution is -2.25. The molecular weight excluding hydrogens is 353 g/mol. The number of nitrogens with one attached hydrogen (secondary N) is 1. The number of ether oxygens (including phenoxy) is 1. The molecule has 0 amide bonds. The Labute approximate surface area is 145 Å². The van der Waals surface area contributed by atoms with Crippen LogP contribution in [-0.2, 0) is 0 Å². The predicted molar refractivity (Wildman–Crippen MR) is 90.3 cm³/mol. The number of aromatic amines is 1. The predicted octanol–water partition coefficient (Wildman–Crippen LogP) is 4.57. The van der Waals surface area contributed by atoms with Gasteiger partial charge >= 0.3 is 6.36 Å². The molecule has 1 heterocycles. The average Bonchev–Trinajstić information content (AvgIpc) is 2.54. The first-order valence-electron chi connectivity index (χ1n) is 7.35. The van der Waals surface area contributed by atoms with Crippen molar-refractivity contribution in [1.29, 1.82) is 0 Å². The number of halogens is 3. The number of alkyl halides is 3. The van der Waals surface area contributed by atoms with Crippen LogP contribution in [0.5, 0.6) is 5.75 Å². The van der Waals surface area contributed by atoms with E-state index in [1.807, 2.05) is 0 Å². The maximum absolute atomic E-state index is 12.7. The van der Waals surface area contributed by atoms with Crippen LogP contribution in [-0.4, -0.2) is 15.9 Å². The molecule has 8 heteroatoms. The summed E-state index contributed by atoms with van der Waals surface area (Å²) in [5, 5.41) is 0.486. The molecule has 0 aliphatic rings. The molecule has 0 saturated carbocycles. The van der Waals surface area contributed by atoms with Crippen molar-refractivity contribution >= 4 is 23.1 Å². The Morgan fingerprint density at radius 2 is 1.76 bits per heavy atom. The van der Waals surface area contributed by atoms with E-state index in [1.54, 1.807) is 31.2 Å². The van der Waals surface area contributed by atoms with Gasteiger partial charge in [-0.25, -0.2) is 0 Å². The van der Waals surface area contributed by atoms with E-state index in [1.165, 1.54) is 28.8 Å². The standard InChI is InChI=1S/C17H13F3N2O2S/c1-10(11-6-8-12(9-7-11)24-17(18,19)20)22-15(23)13-4-2-3-5-14(13)21-16(22)25/h2-10H,1H3,(H,21,25)/t10-/m1/s1. The summed E-state index contributed by atoms with van der Waals surface area (Å²) >= 11 is 5.27. The van der Waals surface area contributed by atoms with E-state index in [4.69, 9.17) is 12.2 Å². The number of rotatable bonds is 3. The van der Waals surface area contributed by atoms with Crippen molar-refractivity contribution in [2.45, 2.75) is 19.3 Å². The van der Waals surface area contributed by atoms with Gasteiger partial charge in [-0.1, -0.05) is 24.3 Å². The molecule has 0 fully saturated rings. The van der Waals surface area contributed by atoms with Gasteiger partial charge in [0, 0.05) is 0 Å². The highest BCUT2D eigenvalue weighted by molar-refractivity contribution is 7.71. The molecule has 0 saturated heterocycles. The second kappa shape index (κ2) is 6.36. The van der Waals surface area contributed by atoms with Crippen LogP contribution in [0.25, 0.3) is 10.9 Å². The zero-order chi connectivity index (χ0) is 18.2. The maximum Gasteiger partial charge on any atom is 0.573 e. The number of nitrogens with zero attached hydrogens (tertiary/aromatic N) is 1. The van der Waals surface area contributed by atoms with Gasteiger partial charge in [0.15, 0.2) is 4.77 Å². The summed E-state index contributed by atoms with van der Waals surface area (Å²) in [5.74, 6) is -0.320. The lowest BCUT2D eigenvalue weighted by molar-refractivity contribution is -0.274. The van der Waals surface area contributed by atoms with E-state index in [0.29, 0.717) is 16.5 Å². The van der Waals surface area contributed by atoms with E-state index in [9.17, 15) is 18.0 Å². The van der Waals surface area contributed by atoms with Gasteiger partial charge in [0.25, 0.3) is 5.56 Å². The number of fused-ring (bicyclic) bond motifs is 1. The smallest absolute Gasteiger partial charge is 0.406 e. The highest BCUT2D eigenvalue weighted by Gasteiger charge is 2.31. The van der Waals surface area contributed by atoms with Gasteiger partial charge in [-0.05, 0) is 49.0 Å². The fourth-order valence-electron chi connectivity index (χ4n) is 2.62. The summed E-state index contributed by atoms with van der Waals surface area (Å²) in [6.45, 7) is 1.75. The van der Waals surface area contributed by atoms with Crippen LogP contribution in [0.3, 0.4) is 0 Å². The summed E-state index contributed by atoms with van der Waals surface area (Å²) in [4.78, 5) is 15.7. The normalized spacial score (nSPS) is 13.0. The highest BCUT2D eigenvalue weighted by atomic mass is 32.1. The Morgan fingerprint density at radius 3 is 2.40 bits per heavy atom. The third-order valence-electron chi connectivity index (χ3n) is 3.82. The fourth-order valence-corrected chi connectivity index (χ4v) is 2.98. The largest absolute Gasteiger partial charge is 0.573 e. The topological polar surface area (TPSA) is 47.0 Å². The third kappa shape index (κ3) is 3.58. The van der Waals surface area contributed by atoms with Crippen LogP contribution < -0.4 is 10.3 Å². The number of benzene rings is 2. The van der Waals surface area contributed by atoms with Gasteiger partial charge in [-0.15, -0.1) is 13.2 Å². The van der Waals surface area contributed by atoms with E-state index < -0.39 is 12.4 Å². The monoisotopic (exact) mass is 366 g/mol. The fraction of sp³-hybridized carbons (Fsp3) is 0.176. The second-order valence-corrected chi connectivity index (χ2v) is 5.83. The zero-order valence-corrected chi connectivity index (χ0v) is 13.8. The molecular formula is C17H13F3N2O2S. The molecule has 0 bridgehead atoms. The van der Waals surface area contributed by atoms with Gasteiger partial charge < -0.3 is 9.72 Å². The van der Waals surface area contributed by atoms with Gasteiger partial charge in [0.05, 0.1) is 16.9 Å². The van der Waals surface area contributed by atoms with Gasteiger partial charge in [-0.3, -0.25) is 9.36 Å². The highest BCUT2D eigenvalue weighted by Crippen LogP contribution is 2.25. The van der Waals surface area contributed by atoms with Crippen molar-refractivity contribution in [2.24, 2.45) is 0 Å². The average molecular weight is 366 g/mol. The van der Waals surface area contributed by atoms with E-state index >= 15 is 0 Å². The number of H-pyrrole nitrogens is 1. The summed E-state index contributed by atoms with van der Waals surface area (Å²) in [6.07, 6.45) is -4.74. The molecule has 3 rings (SSSR count). The second-order valence-electron chi connectivity index (χ2n) is 5.44. The van der Waals surface area contributed by atoms with Crippen molar-refractivity contribution < 1.29 is 17.9 Å². The summed E-state index contributed by atoms with van der Waals surface area (Å²) < 4.78 is 42.2. The molecule has 1 N–H and O–H groups in total. The van der Waals surface area contributed by atoms with Crippen LogP contribution in [0.15, 0.2) is 53.3 Å². The molecule has 0 aliphatic carbocycles. The van der Waals surface area contributed by atoms with E-state index in [0.717, 1.165) is 0 Å². The van der Waals surface area contributed by atoms with Crippen molar-refractivity contribution in [3.8, 4) is 5.75 Å². The van der Waals surface area contributed by atoms with Gasteiger partial charge in [0.2, 0.25) is 0 Å². The molecule has 3 aromatic rings. The minimum atomic E-state index is -4.74. The third-order valence-corrected chi connectivity index (χ3v) is 4.12. The summed E-state index contributed by atoms with van der Waals surface area (Å²) in [5.41, 5.74) is 1.00. The Kier molecular flexibility index (Phi) is 4.38. The molecule has 0 unspecified atom stereocenters. The van der Waals surface area contributed by atoms with Crippen LogP contribution in [0.1, 0.15) is 18.5 Å². The number of aromatic nitrogens is 2. The van der Waals surface area contributed by atoms with Crippen LogP contribution in [0.4, 0.5) is 13.2 Å². The molecule has 4 nitrogen and oxygen atoms in total. The minimum absolute atomic E-state index is 0.242. The molecule has 130 valence electrons. The Balaban J connectivity index is 2.01. The number of hydrogen-bond acceptors (Lipinski definition) is 3. The SMILES string of the molecule is C[C@H](c1ccc(OC(F)(F)F)cc1)n1c(=S)[nH]c2ccccc2c1=O. The number of hydrogen-bond donors (Lipinski definition) is 1. The van der Waals surface area contributed by atoms with Crippen LogP contribution >= 0.6 is 12.2 Å². The Bertz CT molecular complexity index is 1020. The first kappa shape index (κ1) is 17.2. The van der Waals surface area contributed by atoms with Crippen molar-refractivity contribution in [3.63, 3.8) is 0 Å². The minimum Gasteiger partial charge on any atom is -0.406 e. The van der Waals surface area contributed by atoms with Gasteiger partial charge in [0.1, 0.15) is 5.75 Å². The molecule has 0 radical (unpaired) electrons. The first-order chi connectivity index (χ1) is 11.8. The van der Waals surface area contributed by atoms with Crippen LogP contribution in [0, 0.1) is 4.77 Å². The molecule has 2 aromatic carbocycles. The molecule has 1 atom stereocenters. The molecule has 0 spiro atoms. The van der Waals surface area contributed by atoms with Crippen molar-refractivity contribution in [1.82, 2.24) is 9.55 Å². The first-order valence-corrected chi connectivity index (χ1v) is 7.76. The lowest BCUT2D eigenvalue weighted by atomic mass is 10.1. The molecule has 0 aliphatic heterocycles. The van der Waals surface area contributed by atoms with Crippen molar-refractivity contribution in [2.75, 3.05) is 0 Å². The quantitative estimate of drug-likeness (QED) is 0.691. The van der Waals surface area contributed by atoms with E-state index in [-0.39, 0.29) is 16.1 Å². The molecule has 25 heavy (non-hydrogen) atoms. The molecule has 1 aromatic heterocycles. The summed E-state index contributed by atoms with van der Waals surface area (Å²) in [6, 6.07) is 11.9. The van der Waals surface area contributed by atoms with Gasteiger partial charge in [-0.2, -0.15) is 0 Å². The van der Waals surface area contributed by atoms with Crippen LogP contribution in [0.2, 0.25) is 0 Å². The Morgan fingerprint density at radius 1 is 1.12 bits per heavy atom. The zero-order valence-electron chi connectivity index (χ0n) is 13.0. The summed E-state index contributed by atoms with van der Waals surface area (Å²) in [7, 11) is 0. The lowest BCUT2D eigenvalue weighted by Gasteiger charge is -2.17. The van der Waals surface area contributed by atoms with Crippen molar-refractivity contribution in [3.05, 3.63) is 69.2 Å². The van der Waals surface area contributed by atoms with E-state index in [2.05, 4.69) is 9.72 Å². The number of para-hydroxylation sites is 1.